The van der Waals surface area contributed by atoms with Gasteiger partial charge in [0.2, 0.25) is 0 Å². The number of benzene rings is 1. The van der Waals surface area contributed by atoms with Crippen molar-refractivity contribution in [2.45, 2.75) is 49.9 Å². The van der Waals surface area contributed by atoms with Crippen LogP contribution in [0.25, 0.3) is 0 Å². The quantitative estimate of drug-likeness (QED) is 0.361. The van der Waals surface area contributed by atoms with Crippen molar-refractivity contribution in [3.63, 3.8) is 0 Å². The fraction of sp³-hybridized carbons (Fsp3) is 0.591. The van der Waals surface area contributed by atoms with Gasteiger partial charge in [-0.25, -0.2) is 0 Å². The molecule has 6 nitrogen and oxygen atoms in total. The molecule has 0 radical (unpaired) electrons. The molecule has 150 valence electrons. The molecule has 1 fully saturated rings. The number of carbonyl (C=O) groups is 1. The molecule has 1 saturated heterocycles. The zero-order valence-corrected chi connectivity index (χ0v) is 16.4. The molecule has 5 atom stereocenters. The Labute approximate surface area is 165 Å². The summed E-state index contributed by atoms with van der Waals surface area (Å²) in [6.07, 6.45) is 6.72. The number of esters is 1. The van der Waals surface area contributed by atoms with Crippen molar-refractivity contribution in [1.29, 1.82) is 0 Å². The van der Waals surface area contributed by atoms with Gasteiger partial charge in [-0.15, -0.1) is 0 Å². The van der Waals surface area contributed by atoms with Crippen LogP contribution < -0.4 is 9.47 Å². The van der Waals surface area contributed by atoms with E-state index in [1.807, 2.05) is 6.07 Å². The Kier molecular flexibility index (Phi) is 4.27. The molecule has 1 spiro atoms. The maximum atomic E-state index is 11.6. The van der Waals surface area contributed by atoms with Gasteiger partial charge in [-0.1, -0.05) is 18.2 Å². The summed E-state index contributed by atoms with van der Waals surface area (Å²) in [6.45, 7) is 3.04. The van der Waals surface area contributed by atoms with E-state index in [2.05, 4.69) is 30.2 Å². The highest BCUT2D eigenvalue weighted by Gasteiger charge is 2.64. The molecule has 2 aliphatic heterocycles. The van der Waals surface area contributed by atoms with Crippen LogP contribution in [0, 0.1) is 5.92 Å². The summed E-state index contributed by atoms with van der Waals surface area (Å²) in [7, 11) is 2.21. The average molecular weight is 385 g/mol. The van der Waals surface area contributed by atoms with E-state index in [0.29, 0.717) is 30.7 Å². The second-order valence-corrected chi connectivity index (χ2v) is 8.42. The number of likely N-dealkylation sites (tertiary alicyclic amines) is 1. The molecule has 2 unspecified atom stereocenters. The molecule has 4 aliphatic rings. The Morgan fingerprint density at radius 1 is 1.39 bits per heavy atom. The molecule has 1 N–H and O–H groups in total. The van der Waals surface area contributed by atoms with Gasteiger partial charge in [-0.05, 0) is 44.5 Å². The van der Waals surface area contributed by atoms with E-state index in [0.717, 1.165) is 25.1 Å². The number of aliphatic hydroxyl groups excluding tert-OH is 1. The van der Waals surface area contributed by atoms with E-state index in [1.54, 1.807) is 0 Å². The first-order valence-electron chi connectivity index (χ1n) is 10.2. The van der Waals surface area contributed by atoms with Crippen molar-refractivity contribution in [1.82, 2.24) is 4.90 Å². The van der Waals surface area contributed by atoms with E-state index in [-0.39, 0.29) is 30.2 Å². The zero-order valence-electron chi connectivity index (χ0n) is 16.4. The molecule has 1 aromatic rings. The van der Waals surface area contributed by atoms with Gasteiger partial charge in [0, 0.05) is 43.1 Å². The minimum Gasteiger partial charge on any atom is -0.482 e. The second kappa shape index (κ2) is 6.58. The summed E-state index contributed by atoms with van der Waals surface area (Å²) < 4.78 is 18.2. The van der Waals surface area contributed by atoms with Crippen molar-refractivity contribution >= 4 is 5.97 Å². The first-order valence-corrected chi connectivity index (χ1v) is 10.2. The molecule has 2 bridgehead atoms. The van der Waals surface area contributed by atoms with Crippen LogP contribution in [-0.4, -0.2) is 61.0 Å². The van der Waals surface area contributed by atoms with Gasteiger partial charge in [0.05, 0.1) is 0 Å². The number of carbonyl (C=O) groups excluding carboxylic acids is 1. The maximum absolute atomic E-state index is 11.6. The number of rotatable bonds is 5. The molecular weight excluding hydrogens is 358 g/mol. The highest BCUT2D eigenvalue weighted by molar-refractivity contribution is 5.72. The van der Waals surface area contributed by atoms with Crippen molar-refractivity contribution in [2.24, 2.45) is 5.92 Å². The summed E-state index contributed by atoms with van der Waals surface area (Å²) >= 11 is 0. The first kappa shape index (κ1) is 18.2. The average Bonchev–Trinajstić information content (AvgIpc) is 3.02. The van der Waals surface area contributed by atoms with Crippen molar-refractivity contribution in [3.8, 4) is 11.5 Å². The summed E-state index contributed by atoms with van der Waals surface area (Å²) in [6, 6.07) is 4.41. The highest BCUT2D eigenvalue weighted by atomic mass is 16.6. The SMILES string of the molecule is CC(=O)Oc1ccc2c3c1OC1C(OCCCO)C=C[C@H]4[C@@H](C2)N(C)CC[C@]314. The minimum atomic E-state index is -0.338. The molecule has 0 aromatic heterocycles. The normalized spacial score (nSPS) is 34.7. The second-order valence-electron chi connectivity index (χ2n) is 8.42. The van der Waals surface area contributed by atoms with Crippen LogP contribution in [-0.2, 0) is 21.4 Å². The van der Waals surface area contributed by atoms with Crippen molar-refractivity contribution in [2.75, 3.05) is 26.8 Å². The van der Waals surface area contributed by atoms with Crippen LogP contribution in [0.15, 0.2) is 24.3 Å². The third-order valence-electron chi connectivity index (χ3n) is 6.98. The summed E-state index contributed by atoms with van der Waals surface area (Å²) in [5.74, 6) is 1.26. The molecule has 6 heteroatoms. The lowest BCUT2D eigenvalue weighted by atomic mass is 9.53. The number of ether oxygens (including phenoxy) is 3. The predicted molar refractivity (Wildman–Crippen MR) is 103 cm³/mol. The Hall–Kier alpha value is -1.89. The fourth-order valence-electron chi connectivity index (χ4n) is 5.87. The van der Waals surface area contributed by atoms with E-state index in [9.17, 15) is 4.79 Å². The Morgan fingerprint density at radius 3 is 3.04 bits per heavy atom. The molecule has 5 rings (SSSR count). The zero-order chi connectivity index (χ0) is 19.5. The van der Waals surface area contributed by atoms with Gasteiger partial charge >= 0.3 is 5.97 Å². The Morgan fingerprint density at radius 2 is 2.25 bits per heavy atom. The van der Waals surface area contributed by atoms with E-state index < -0.39 is 0 Å². The van der Waals surface area contributed by atoms with Gasteiger partial charge in [-0.3, -0.25) is 4.79 Å². The highest BCUT2D eigenvalue weighted by Crippen LogP contribution is 2.62. The Bertz CT molecular complexity index is 836. The summed E-state index contributed by atoms with van der Waals surface area (Å²) in [5.41, 5.74) is 2.38. The number of hydrogen-bond acceptors (Lipinski definition) is 6. The van der Waals surface area contributed by atoms with E-state index in [1.165, 1.54) is 18.1 Å². The third-order valence-corrected chi connectivity index (χ3v) is 6.98. The van der Waals surface area contributed by atoms with Gasteiger partial charge < -0.3 is 24.2 Å². The maximum Gasteiger partial charge on any atom is 0.308 e. The van der Waals surface area contributed by atoms with E-state index in [4.69, 9.17) is 19.3 Å². The van der Waals surface area contributed by atoms with Gasteiger partial charge in [0.25, 0.3) is 0 Å². The minimum absolute atomic E-state index is 0.115. The van der Waals surface area contributed by atoms with Crippen molar-refractivity contribution in [3.05, 3.63) is 35.4 Å². The Balaban J connectivity index is 1.63. The van der Waals surface area contributed by atoms with Crippen molar-refractivity contribution < 1.29 is 24.1 Å². The fourth-order valence-corrected chi connectivity index (χ4v) is 5.87. The van der Waals surface area contributed by atoms with Gasteiger partial charge in [0.1, 0.15) is 12.2 Å². The lowest BCUT2D eigenvalue weighted by Crippen LogP contribution is -2.65. The number of nitrogens with zero attached hydrogens (tertiary/aromatic N) is 1. The predicted octanol–water partition coefficient (Wildman–Crippen LogP) is 1.82. The van der Waals surface area contributed by atoms with Crippen LogP contribution in [0.1, 0.15) is 30.9 Å². The van der Waals surface area contributed by atoms with Crippen LogP contribution in [0.4, 0.5) is 0 Å². The lowest BCUT2D eigenvalue weighted by Gasteiger charge is -2.56. The van der Waals surface area contributed by atoms with Crippen LogP contribution in [0.3, 0.4) is 0 Å². The van der Waals surface area contributed by atoms with Gasteiger partial charge in [-0.2, -0.15) is 0 Å². The molecule has 28 heavy (non-hydrogen) atoms. The summed E-state index contributed by atoms with van der Waals surface area (Å²) in [4.78, 5) is 14.1. The molecule has 0 saturated carbocycles. The molecule has 2 heterocycles. The van der Waals surface area contributed by atoms with E-state index >= 15 is 0 Å². The van der Waals surface area contributed by atoms with Crippen LogP contribution in [0.2, 0.25) is 0 Å². The van der Waals surface area contributed by atoms with Gasteiger partial charge in [0.15, 0.2) is 11.5 Å². The largest absolute Gasteiger partial charge is 0.482 e. The molecule has 1 aromatic carbocycles. The number of piperidine rings is 1. The number of hydrogen-bond donors (Lipinski definition) is 1. The number of aliphatic hydroxyl groups is 1. The molecular formula is C22H27NO5. The lowest BCUT2D eigenvalue weighted by molar-refractivity contribution is -0.132. The third kappa shape index (κ3) is 2.41. The smallest absolute Gasteiger partial charge is 0.308 e. The molecule has 0 amide bonds. The van der Waals surface area contributed by atoms with Crippen LogP contribution in [0.5, 0.6) is 11.5 Å². The first-order chi connectivity index (χ1) is 13.6. The standard InChI is InChI=1S/C22H27NO5/c1-13(25)27-17-6-4-14-12-16-15-5-7-18(26-11-3-10-24)21-22(15,8-9-23(16)2)19(14)20(17)28-21/h4-7,15-16,18,21,24H,3,8-12H2,1-2H3/t15-,16+,18?,21?,22-/m0/s1. The topological polar surface area (TPSA) is 68.2 Å². The monoisotopic (exact) mass is 385 g/mol. The number of likely N-dealkylation sites (N-methyl/N-ethyl adjacent to an activating group) is 1. The summed E-state index contributed by atoms with van der Waals surface area (Å²) in [5, 5.41) is 9.12. The molecule has 2 aliphatic carbocycles. The van der Waals surface area contributed by atoms with Crippen LogP contribution >= 0.6 is 0 Å².